The van der Waals surface area contributed by atoms with Crippen molar-refractivity contribution in [1.82, 2.24) is 0 Å². The van der Waals surface area contributed by atoms with Crippen molar-refractivity contribution in [3.8, 4) is 6.07 Å². The molecule has 0 aliphatic carbocycles. The van der Waals surface area contributed by atoms with E-state index in [1.807, 2.05) is 0 Å². The van der Waals surface area contributed by atoms with Crippen molar-refractivity contribution in [3.05, 3.63) is 95.6 Å². The average molecular weight is 444 g/mol. The minimum absolute atomic E-state index is 0.145. The Morgan fingerprint density at radius 1 is 1.03 bits per heavy atom. The summed E-state index contributed by atoms with van der Waals surface area (Å²) in [6, 6.07) is 22.5. The molecule has 1 amide bonds. The molecule has 0 saturated heterocycles. The Labute approximate surface area is 187 Å². The summed E-state index contributed by atoms with van der Waals surface area (Å²) in [6.07, 6.45) is 4.79. The molecule has 1 aliphatic heterocycles. The lowest BCUT2D eigenvalue weighted by Crippen LogP contribution is -2.34. The third-order valence-electron chi connectivity index (χ3n) is 5.23. The quantitative estimate of drug-likeness (QED) is 0.594. The Morgan fingerprint density at radius 2 is 1.78 bits per heavy atom. The van der Waals surface area contributed by atoms with Gasteiger partial charge in [-0.25, -0.2) is 8.42 Å². The zero-order valence-electron chi connectivity index (χ0n) is 17.2. The van der Waals surface area contributed by atoms with E-state index < -0.39 is 10.0 Å². The number of hydrogen-bond acceptors (Lipinski definition) is 4. The first-order chi connectivity index (χ1) is 15.5. The number of hydrogen-bond donors (Lipinski definition) is 1. The maximum Gasteiger partial charge on any atom is 0.261 e. The number of nitriles is 1. The van der Waals surface area contributed by atoms with E-state index in [4.69, 9.17) is 5.26 Å². The maximum absolute atomic E-state index is 12.8. The standard InChI is InChI=1S/C25H21N3O3S/c26-18-20-10-8-19(9-11-20)12-15-25(29)28-16-4-5-21-17-22(13-14-24(21)28)27-32(30,31)23-6-2-1-3-7-23/h1-3,6-15,17,27H,4-5,16H2. The summed E-state index contributed by atoms with van der Waals surface area (Å²) in [5.41, 5.74) is 3.57. The van der Waals surface area contributed by atoms with Gasteiger partial charge in [0.1, 0.15) is 0 Å². The van der Waals surface area contributed by atoms with E-state index in [-0.39, 0.29) is 10.8 Å². The van der Waals surface area contributed by atoms with Gasteiger partial charge >= 0.3 is 0 Å². The first-order valence-electron chi connectivity index (χ1n) is 10.2. The van der Waals surface area contributed by atoms with Gasteiger partial charge in [-0.1, -0.05) is 30.3 Å². The van der Waals surface area contributed by atoms with Crippen molar-refractivity contribution in [2.24, 2.45) is 0 Å². The summed E-state index contributed by atoms with van der Waals surface area (Å²) >= 11 is 0. The van der Waals surface area contributed by atoms with Crippen molar-refractivity contribution >= 4 is 33.4 Å². The fourth-order valence-electron chi connectivity index (χ4n) is 3.63. The second kappa shape index (κ2) is 9.08. The van der Waals surface area contributed by atoms with Crippen LogP contribution in [0.1, 0.15) is 23.1 Å². The molecule has 1 aliphatic rings. The Kier molecular flexibility index (Phi) is 6.06. The maximum atomic E-state index is 12.8. The van der Waals surface area contributed by atoms with Crippen LogP contribution in [-0.2, 0) is 21.2 Å². The molecule has 0 fully saturated rings. The Morgan fingerprint density at radius 3 is 2.50 bits per heavy atom. The van der Waals surface area contributed by atoms with Crippen LogP contribution in [0.15, 0.2) is 83.8 Å². The van der Waals surface area contributed by atoms with Crippen molar-refractivity contribution < 1.29 is 13.2 Å². The normalized spacial score (nSPS) is 13.4. The number of fused-ring (bicyclic) bond motifs is 1. The number of anilines is 2. The minimum Gasteiger partial charge on any atom is -0.309 e. The van der Waals surface area contributed by atoms with E-state index in [9.17, 15) is 13.2 Å². The predicted molar refractivity (Wildman–Crippen MR) is 125 cm³/mol. The summed E-state index contributed by atoms with van der Waals surface area (Å²) in [7, 11) is -3.68. The zero-order valence-corrected chi connectivity index (χ0v) is 18.0. The Balaban J connectivity index is 1.52. The molecule has 3 aromatic rings. The predicted octanol–water partition coefficient (Wildman–Crippen LogP) is 4.35. The Bertz CT molecular complexity index is 1310. The van der Waals surface area contributed by atoms with Crippen LogP contribution in [0.3, 0.4) is 0 Å². The molecule has 0 atom stereocenters. The van der Waals surface area contributed by atoms with E-state index in [0.717, 1.165) is 29.7 Å². The molecule has 0 bridgehead atoms. The molecule has 4 rings (SSSR count). The van der Waals surface area contributed by atoms with Crippen molar-refractivity contribution in [2.75, 3.05) is 16.2 Å². The van der Waals surface area contributed by atoms with Gasteiger partial charge in [0.25, 0.3) is 15.9 Å². The molecule has 0 spiro atoms. The molecule has 0 unspecified atom stereocenters. The molecule has 0 radical (unpaired) electrons. The lowest BCUT2D eigenvalue weighted by atomic mass is 10.0. The SMILES string of the molecule is N#Cc1ccc(C=CC(=O)N2CCCc3cc(NS(=O)(=O)c4ccccc4)ccc32)cc1. The van der Waals surface area contributed by atoms with E-state index in [0.29, 0.717) is 17.8 Å². The third-order valence-corrected chi connectivity index (χ3v) is 6.63. The van der Waals surface area contributed by atoms with Gasteiger partial charge < -0.3 is 4.90 Å². The number of amides is 1. The number of nitrogens with one attached hydrogen (secondary N) is 1. The van der Waals surface area contributed by atoms with Crippen molar-refractivity contribution in [2.45, 2.75) is 17.7 Å². The number of aryl methyl sites for hydroxylation is 1. The summed E-state index contributed by atoms with van der Waals surface area (Å²) in [5.74, 6) is -0.145. The van der Waals surface area contributed by atoms with Crippen LogP contribution in [0, 0.1) is 11.3 Å². The molecule has 1 N–H and O–H groups in total. The van der Waals surface area contributed by atoms with E-state index in [2.05, 4.69) is 10.8 Å². The second-order valence-electron chi connectivity index (χ2n) is 7.42. The Hall–Kier alpha value is -3.89. The average Bonchev–Trinajstić information content (AvgIpc) is 2.82. The molecule has 1 heterocycles. The monoisotopic (exact) mass is 443 g/mol. The van der Waals surface area contributed by atoms with Gasteiger partial charge in [-0.05, 0) is 72.5 Å². The van der Waals surface area contributed by atoms with Gasteiger partial charge in [0.15, 0.2) is 0 Å². The highest BCUT2D eigenvalue weighted by Gasteiger charge is 2.22. The highest BCUT2D eigenvalue weighted by atomic mass is 32.2. The van der Waals surface area contributed by atoms with E-state index >= 15 is 0 Å². The summed E-state index contributed by atoms with van der Waals surface area (Å²) in [4.78, 5) is 14.7. The van der Waals surface area contributed by atoms with E-state index in [1.54, 1.807) is 83.8 Å². The molecule has 3 aromatic carbocycles. The largest absolute Gasteiger partial charge is 0.309 e. The van der Waals surface area contributed by atoms with Crippen LogP contribution >= 0.6 is 0 Å². The van der Waals surface area contributed by atoms with Gasteiger partial charge in [0, 0.05) is 24.0 Å². The van der Waals surface area contributed by atoms with Gasteiger partial charge in [-0.2, -0.15) is 5.26 Å². The van der Waals surface area contributed by atoms with Crippen LogP contribution in [0.5, 0.6) is 0 Å². The van der Waals surface area contributed by atoms with Gasteiger partial charge in [-0.15, -0.1) is 0 Å². The lowest BCUT2D eigenvalue weighted by Gasteiger charge is -2.29. The number of nitrogens with zero attached hydrogens (tertiary/aromatic N) is 2. The van der Waals surface area contributed by atoms with Crippen molar-refractivity contribution in [1.29, 1.82) is 5.26 Å². The smallest absolute Gasteiger partial charge is 0.261 e. The number of benzene rings is 3. The van der Waals surface area contributed by atoms with Crippen LogP contribution < -0.4 is 9.62 Å². The summed E-state index contributed by atoms with van der Waals surface area (Å²) < 4.78 is 27.8. The first kappa shape index (κ1) is 21.3. The molecule has 160 valence electrons. The fraction of sp³-hybridized carbons (Fsp3) is 0.120. The molecule has 0 aromatic heterocycles. The van der Waals surface area contributed by atoms with Gasteiger partial charge in [-0.3, -0.25) is 9.52 Å². The molecule has 7 heteroatoms. The second-order valence-corrected chi connectivity index (χ2v) is 9.11. The number of rotatable bonds is 5. The van der Waals surface area contributed by atoms with E-state index in [1.165, 1.54) is 6.08 Å². The molecule has 0 saturated carbocycles. The van der Waals surface area contributed by atoms with Crippen LogP contribution in [-0.4, -0.2) is 20.9 Å². The van der Waals surface area contributed by atoms with Gasteiger partial charge in [0.05, 0.1) is 16.5 Å². The highest BCUT2D eigenvalue weighted by molar-refractivity contribution is 7.92. The van der Waals surface area contributed by atoms with Crippen LogP contribution in [0.2, 0.25) is 0 Å². The minimum atomic E-state index is -3.68. The first-order valence-corrected chi connectivity index (χ1v) is 11.7. The molecule has 6 nitrogen and oxygen atoms in total. The third kappa shape index (κ3) is 4.71. The number of carbonyl (C=O) groups excluding carboxylic acids is 1. The molecule has 32 heavy (non-hydrogen) atoms. The topological polar surface area (TPSA) is 90.3 Å². The fourth-order valence-corrected chi connectivity index (χ4v) is 4.70. The molecular formula is C25H21N3O3S. The summed E-state index contributed by atoms with van der Waals surface area (Å²) in [5, 5.41) is 8.88. The summed E-state index contributed by atoms with van der Waals surface area (Å²) in [6.45, 7) is 0.596. The highest BCUT2D eigenvalue weighted by Crippen LogP contribution is 2.31. The zero-order chi connectivity index (χ0) is 22.6. The van der Waals surface area contributed by atoms with Crippen LogP contribution in [0.25, 0.3) is 6.08 Å². The number of carbonyl (C=O) groups is 1. The van der Waals surface area contributed by atoms with Crippen LogP contribution in [0.4, 0.5) is 11.4 Å². The van der Waals surface area contributed by atoms with Crippen molar-refractivity contribution in [3.63, 3.8) is 0 Å². The lowest BCUT2D eigenvalue weighted by molar-refractivity contribution is -0.114. The number of sulfonamides is 1. The molecular weight excluding hydrogens is 422 g/mol. The van der Waals surface area contributed by atoms with Gasteiger partial charge in [0.2, 0.25) is 0 Å².